The third-order valence-electron chi connectivity index (χ3n) is 3.09. The SMILES string of the molecule is C=CCN(Cc1cccs1)C(=O)/C=C/c1cccc([N+](=O)[O-])c1. The zero-order valence-electron chi connectivity index (χ0n) is 12.4. The number of rotatable bonds is 7. The molecule has 0 aliphatic carbocycles. The summed E-state index contributed by atoms with van der Waals surface area (Å²) < 4.78 is 0. The average Bonchev–Trinajstić information content (AvgIpc) is 3.05. The van der Waals surface area contributed by atoms with E-state index in [9.17, 15) is 14.9 Å². The van der Waals surface area contributed by atoms with Crippen LogP contribution in [0.25, 0.3) is 6.08 Å². The molecule has 1 aromatic carbocycles. The Labute approximate surface area is 138 Å². The third-order valence-corrected chi connectivity index (χ3v) is 3.95. The van der Waals surface area contributed by atoms with Crippen LogP contribution in [0.15, 0.2) is 60.5 Å². The minimum absolute atomic E-state index is 0.00105. The van der Waals surface area contributed by atoms with Gasteiger partial charge in [0.1, 0.15) is 0 Å². The van der Waals surface area contributed by atoms with Gasteiger partial charge in [0.25, 0.3) is 5.69 Å². The first-order valence-corrected chi connectivity index (χ1v) is 7.83. The fourth-order valence-corrected chi connectivity index (χ4v) is 2.71. The van der Waals surface area contributed by atoms with Crippen LogP contribution in [0.2, 0.25) is 0 Å². The molecule has 2 aromatic rings. The highest BCUT2D eigenvalue weighted by Gasteiger charge is 2.10. The molecule has 0 aliphatic heterocycles. The van der Waals surface area contributed by atoms with Gasteiger partial charge in [-0.05, 0) is 23.1 Å². The highest BCUT2D eigenvalue weighted by atomic mass is 32.1. The molecular weight excluding hydrogens is 312 g/mol. The number of carbonyl (C=O) groups is 1. The molecule has 1 heterocycles. The van der Waals surface area contributed by atoms with Crippen LogP contribution in [-0.2, 0) is 11.3 Å². The van der Waals surface area contributed by atoms with Crippen LogP contribution in [0.1, 0.15) is 10.4 Å². The van der Waals surface area contributed by atoms with Gasteiger partial charge in [-0.3, -0.25) is 14.9 Å². The van der Waals surface area contributed by atoms with Crippen molar-refractivity contribution in [1.82, 2.24) is 4.90 Å². The molecule has 0 atom stereocenters. The number of hydrogen-bond donors (Lipinski definition) is 0. The van der Waals surface area contributed by atoms with Crippen molar-refractivity contribution in [2.75, 3.05) is 6.54 Å². The normalized spacial score (nSPS) is 10.6. The molecule has 0 spiro atoms. The lowest BCUT2D eigenvalue weighted by Gasteiger charge is -2.18. The van der Waals surface area contributed by atoms with Gasteiger partial charge < -0.3 is 4.90 Å². The highest BCUT2D eigenvalue weighted by molar-refractivity contribution is 7.09. The maximum absolute atomic E-state index is 12.3. The molecule has 0 saturated heterocycles. The smallest absolute Gasteiger partial charge is 0.270 e. The number of nitro groups is 1. The summed E-state index contributed by atoms with van der Waals surface area (Å²) in [6.45, 7) is 4.63. The Balaban J connectivity index is 2.09. The lowest BCUT2D eigenvalue weighted by Crippen LogP contribution is -2.28. The molecule has 0 unspecified atom stereocenters. The first-order chi connectivity index (χ1) is 11.1. The van der Waals surface area contributed by atoms with Gasteiger partial charge >= 0.3 is 0 Å². The van der Waals surface area contributed by atoms with E-state index in [0.717, 1.165) is 4.88 Å². The monoisotopic (exact) mass is 328 g/mol. The second-order valence-electron chi connectivity index (χ2n) is 4.77. The zero-order valence-corrected chi connectivity index (χ0v) is 13.2. The first-order valence-electron chi connectivity index (χ1n) is 6.95. The molecule has 0 saturated carbocycles. The largest absolute Gasteiger partial charge is 0.330 e. The van der Waals surface area contributed by atoms with Crippen molar-refractivity contribution in [1.29, 1.82) is 0 Å². The number of amides is 1. The molecule has 2 rings (SSSR count). The molecule has 1 aromatic heterocycles. The number of thiophene rings is 1. The average molecular weight is 328 g/mol. The summed E-state index contributed by atoms with van der Waals surface area (Å²) in [7, 11) is 0. The number of hydrogen-bond acceptors (Lipinski definition) is 4. The van der Waals surface area contributed by atoms with E-state index in [1.807, 2.05) is 17.5 Å². The van der Waals surface area contributed by atoms with Crippen molar-refractivity contribution in [3.05, 3.63) is 81.1 Å². The van der Waals surface area contributed by atoms with E-state index in [4.69, 9.17) is 0 Å². The maximum Gasteiger partial charge on any atom is 0.270 e. The van der Waals surface area contributed by atoms with Crippen molar-refractivity contribution in [2.45, 2.75) is 6.54 Å². The molecule has 0 bridgehead atoms. The van der Waals surface area contributed by atoms with E-state index < -0.39 is 4.92 Å². The van der Waals surface area contributed by atoms with E-state index in [2.05, 4.69) is 6.58 Å². The summed E-state index contributed by atoms with van der Waals surface area (Å²) in [5.41, 5.74) is 0.614. The number of non-ortho nitro benzene ring substituents is 1. The number of carbonyl (C=O) groups excluding carboxylic acids is 1. The van der Waals surface area contributed by atoms with Crippen LogP contribution < -0.4 is 0 Å². The summed E-state index contributed by atoms with van der Waals surface area (Å²) in [5, 5.41) is 12.7. The molecular formula is C17H16N2O3S. The second-order valence-corrected chi connectivity index (χ2v) is 5.80. The van der Waals surface area contributed by atoms with Crippen LogP contribution in [0.3, 0.4) is 0 Å². The summed E-state index contributed by atoms with van der Waals surface area (Å²) in [6.07, 6.45) is 4.68. The highest BCUT2D eigenvalue weighted by Crippen LogP contribution is 2.15. The van der Waals surface area contributed by atoms with Crippen molar-refractivity contribution in [3.63, 3.8) is 0 Å². The lowest BCUT2D eigenvalue weighted by molar-refractivity contribution is -0.384. The molecule has 5 nitrogen and oxygen atoms in total. The molecule has 0 fully saturated rings. The molecule has 6 heteroatoms. The van der Waals surface area contributed by atoms with Gasteiger partial charge in [-0.25, -0.2) is 0 Å². The third kappa shape index (κ3) is 4.89. The quantitative estimate of drug-likeness (QED) is 0.335. The minimum atomic E-state index is -0.458. The predicted molar refractivity (Wildman–Crippen MR) is 92.1 cm³/mol. The summed E-state index contributed by atoms with van der Waals surface area (Å²) >= 11 is 1.59. The predicted octanol–water partition coefficient (Wildman–Crippen LogP) is 3.88. The van der Waals surface area contributed by atoms with Gasteiger partial charge in [0.05, 0.1) is 11.5 Å². The second kappa shape index (κ2) is 8.05. The minimum Gasteiger partial charge on any atom is -0.330 e. The fraction of sp³-hybridized carbons (Fsp3) is 0.118. The Kier molecular flexibility index (Phi) is 5.82. The van der Waals surface area contributed by atoms with Crippen molar-refractivity contribution in [3.8, 4) is 0 Å². The van der Waals surface area contributed by atoms with Gasteiger partial charge in [-0.2, -0.15) is 0 Å². The van der Waals surface area contributed by atoms with E-state index in [1.165, 1.54) is 18.2 Å². The van der Waals surface area contributed by atoms with Gasteiger partial charge in [0.2, 0.25) is 5.91 Å². The van der Waals surface area contributed by atoms with Crippen LogP contribution in [-0.4, -0.2) is 22.3 Å². The summed E-state index contributed by atoms with van der Waals surface area (Å²) in [4.78, 5) is 25.4. The first kappa shape index (κ1) is 16.6. The molecule has 0 radical (unpaired) electrons. The number of nitrogens with zero attached hydrogens (tertiary/aromatic N) is 2. The summed E-state index contributed by atoms with van der Waals surface area (Å²) in [6, 6.07) is 10.1. The number of benzene rings is 1. The number of nitro benzene ring substituents is 1. The van der Waals surface area contributed by atoms with E-state index in [1.54, 1.807) is 40.5 Å². The van der Waals surface area contributed by atoms with Crippen LogP contribution >= 0.6 is 11.3 Å². The van der Waals surface area contributed by atoms with Gasteiger partial charge in [0.15, 0.2) is 0 Å². The molecule has 0 N–H and O–H groups in total. The van der Waals surface area contributed by atoms with Gasteiger partial charge in [0, 0.05) is 29.6 Å². The summed E-state index contributed by atoms with van der Waals surface area (Å²) in [5.74, 6) is -0.162. The van der Waals surface area contributed by atoms with Gasteiger partial charge in [-0.15, -0.1) is 17.9 Å². The van der Waals surface area contributed by atoms with Gasteiger partial charge in [-0.1, -0.05) is 24.3 Å². The lowest BCUT2D eigenvalue weighted by atomic mass is 10.2. The van der Waals surface area contributed by atoms with E-state index in [-0.39, 0.29) is 11.6 Å². The Morgan fingerprint density at radius 1 is 1.35 bits per heavy atom. The Morgan fingerprint density at radius 2 is 2.17 bits per heavy atom. The molecule has 1 amide bonds. The molecule has 23 heavy (non-hydrogen) atoms. The molecule has 118 valence electrons. The van der Waals surface area contributed by atoms with Crippen LogP contribution in [0, 0.1) is 10.1 Å². The topological polar surface area (TPSA) is 63.5 Å². The maximum atomic E-state index is 12.3. The Morgan fingerprint density at radius 3 is 2.83 bits per heavy atom. The van der Waals surface area contributed by atoms with Crippen molar-refractivity contribution < 1.29 is 9.72 Å². The zero-order chi connectivity index (χ0) is 16.7. The Bertz CT molecular complexity index is 723. The van der Waals surface area contributed by atoms with Crippen molar-refractivity contribution in [2.24, 2.45) is 0 Å². The van der Waals surface area contributed by atoms with Crippen LogP contribution in [0.5, 0.6) is 0 Å². The fourth-order valence-electron chi connectivity index (χ4n) is 1.99. The van der Waals surface area contributed by atoms with Crippen LogP contribution in [0.4, 0.5) is 5.69 Å². The van der Waals surface area contributed by atoms with Crippen molar-refractivity contribution >= 4 is 29.0 Å². The van der Waals surface area contributed by atoms with E-state index in [0.29, 0.717) is 18.7 Å². The Hall–Kier alpha value is -2.73. The molecule has 0 aliphatic rings. The van der Waals surface area contributed by atoms with E-state index >= 15 is 0 Å². The standard InChI is InChI=1S/C17H16N2O3S/c1-2-10-18(13-16-7-4-11-23-16)17(20)9-8-14-5-3-6-15(12-14)19(21)22/h2-9,11-12H,1,10,13H2/b9-8+.